The van der Waals surface area contributed by atoms with Crippen molar-refractivity contribution in [1.29, 1.82) is 5.26 Å². The average molecular weight is 199 g/mol. The van der Waals surface area contributed by atoms with E-state index in [4.69, 9.17) is 5.26 Å². The molecule has 1 saturated heterocycles. The van der Waals surface area contributed by atoms with Gasteiger partial charge in [-0.3, -0.25) is 0 Å². The number of nitrogens with zero attached hydrogens (tertiary/aromatic N) is 3. The molecule has 1 aliphatic rings. The summed E-state index contributed by atoms with van der Waals surface area (Å²) in [6.45, 7) is 1.41. The van der Waals surface area contributed by atoms with Gasteiger partial charge in [0.1, 0.15) is 12.4 Å². The maximum Gasteiger partial charge on any atom is 0.107 e. The number of para-hydroxylation sites is 1. The lowest BCUT2D eigenvalue weighted by Crippen LogP contribution is -2.24. The third-order valence-electron chi connectivity index (χ3n) is 2.47. The highest BCUT2D eigenvalue weighted by Crippen LogP contribution is 2.17. The highest BCUT2D eigenvalue weighted by atomic mass is 15.2. The molecule has 0 radical (unpaired) electrons. The summed E-state index contributed by atoms with van der Waals surface area (Å²) in [4.78, 5) is 6.60. The molecule has 0 unspecified atom stereocenters. The standard InChI is InChI=1S/C12H13N3/c13-8-10-15-9-4-7-12(15)14-11-5-2-1-3-6-11/h1-3,5-6H,4,7,9-10H2. The minimum atomic E-state index is 0.450. The Morgan fingerprint density at radius 1 is 1.33 bits per heavy atom. The van der Waals surface area contributed by atoms with Crippen LogP contribution in [0.2, 0.25) is 0 Å². The van der Waals surface area contributed by atoms with Crippen LogP contribution in [-0.4, -0.2) is 23.8 Å². The summed E-state index contributed by atoms with van der Waals surface area (Å²) in [7, 11) is 0. The highest BCUT2D eigenvalue weighted by Gasteiger charge is 2.17. The van der Waals surface area contributed by atoms with Gasteiger partial charge in [-0.1, -0.05) is 18.2 Å². The second-order valence-electron chi connectivity index (χ2n) is 3.55. The van der Waals surface area contributed by atoms with Crippen molar-refractivity contribution in [2.75, 3.05) is 13.1 Å². The van der Waals surface area contributed by atoms with E-state index in [0.29, 0.717) is 6.54 Å². The molecule has 0 bridgehead atoms. The molecule has 1 aromatic carbocycles. The Hall–Kier alpha value is -1.82. The van der Waals surface area contributed by atoms with Gasteiger partial charge in [0, 0.05) is 13.0 Å². The van der Waals surface area contributed by atoms with Gasteiger partial charge in [0.25, 0.3) is 0 Å². The van der Waals surface area contributed by atoms with Crippen LogP contribution in [0.3, 0.4) is 0 Å². The van der Waals surface area contributed by atoms with Crippen molar-refractivity contribution in [1.82, 2.24) is 4.90 Å². The van der Waals surface area contributed by atoms with Crippen LogP contribution in [0, 0.1) is 11.3 Å². The molecule has 0 N–H and O–H groups in total. The fourth-order valence-electron chi connectivity index (χ4n) is 1.75. The molecule has 0 aliphatic carbocycles. The molecule has 1 aromatic rings. The number of aliphatic imine (C=N–C) groups is 1. The summed E-state index contributed by atoms with van der Waals surface area (Å²) in [5.74, 6) is 1.04. The van der Waals surface area contributed by atoms with Crippen LogP contribution in [0.1, 0.15) is 12.8 Å². The molecule has 0 saturated carbocycles. The Morgan fingerprint density at radius 2 is 2.13 bits per heavy atom. The molecule has 1 fully saturated rings. The van der Waals surface area contributed by atoms with Crippen LogP contribution in [0.25, 0.3) is 0 Å². The Bertz CT molecular complexity index is 389. The van der Waals surface area contributed by atoms with Gasteiger partial charge in [0.2, 0.25) is 0 Å². The second kappa shape index (κ2) is 4.61. The van der Waals surface area contributed by atoms with Crippen molar-refractivity contribution in [2.45, 2.75) is 12.8 Å². The quantitative estimate of drug-likeness (QED) is 0.686. The van der Waals surface area contributed by atoms with E-state index in [1.165, 1.54) is 0 Å². The van der Waals surface area contributed by atoms with Crippen molar-refractivity contribution < 1.29 is 0 Å². The first-order chi connectivity index (χ1) is 7.40. The third kappa shape index (κ3) is 2.35. The number of benzene rings is 1. The van der Waals surface area contributed by atoms with Gasteiger partial charge in [-0.05, 0) is 18.6 Å². The molecule has 1 heterocycles. The van der Waals surface area contributed by atoms with E-state index in [9.17, 15) is 0 Å². The Morgan fingerprint density at radius 3 is 2.87 bits per heavy atom. The Labute approximate surface area is 89.7 Å². The smallest absolute Gasteiger partial charge is 0.107 e. The summed E-state index contributed by atoms with van der Waals surface area (Å²) in [6.07, 6.45) is 2.09. The monoisotopic (exact) mass is 199 g/mol. The predicted molar refractivity (Wildman–Crippen MR) is 60.0 cm³/mol. The van der Waals surface area contributed by atoms with E-state index in [-0.39, 0.29) is 0 Å². The number of rotatable bonds is 2. The van der Waals surface area contributed by atoms with E-state index in [0.717, 1.165) is 30.9 Å². The predicted octanol–water partition coefficient (Wildman–Crippen LogP) is 2.34. The topological polar surface area (TPSA) is 39.4 Å². The SMILES string of the molecule is N#CCN1CCCC1=Nc1ccccc1. The maximum absolute atomic E-state index is 8.66. The first-order valence-electron chi connectivity index (χ1n) is 5.14. The van der Waals surface area contributed by atoms with Crippen LogP contribution in [0.4, 0.5) is 5.69 Å². The molecule has 0 atom stereocenters. The van der Waals surface area contributed by atoms with Gasteiger partial charge in [-0.15, -0.1) is 0 Å². The van der Waals surface area contributed by atoms with E-state index < -0.39 is 0 Å². The molecule has 2 rings (SSSR count). The molecule has 3 heteroatoms. The number of amidine groups is 1. The minimum absolute atomic E-state index is 0.450. The zero-order valence-electron chi connectivity index (χ0n) is 8.56. The number of nitriles is 1. The lowest BCUT2D eigenvalue weighted by atomic mass is 10.3. The molecule has 15 heavy (non-hydrogen) atoms. The summed E-state index contributed by atoms with van der Waals surface area (Å²) in [6, 6.07) is 12.1. The van der Waals surface area contributed by atoms with Gasteiger partial charge in [0.05, 0.1) is 11.8 Å². The molecular formula is C12H13N3. The summed E-state index contributed by atoms with van der Waals surface area (Å²) in [5, 5.41) is 8.66. The number of hydrogen-bond donors (Lipinski definition) is 0. The lowest BCUT2D eigenvalue weighted by molar-refractivity contribution is 0.507. The minimum Gasteiger partial charge on any atom is -0.347 e. The van der Waals surface area contributed by atoms with Gasteiger partial charge in [-0.25, -0.2) is 4.99 Å². The molecular weight excluding hydrogens is 186 g/mol. The second-order valence-corrected chi connectivity index (χ2v) is 3.55. The zero-order valence-corrected chi connectivity index (χ0v) is 8.56. The third-order valence-corrected chi connectivity index (χ3v) is 2.47. The van der Waals surface area contributed by atoms with Crippen molar-refractivity contribution in [2.24, 2.45) is 4.99 Å². The molecule has 76 valence electrons. The molecule has 0 aromatic heterocycles. The van der Waals surface area contributed by atoms with E-state index in [1.807, 2.05) is 35.2 Å². The Balaban J connectivity index is 2.16. The first-order valence-corrected chi connectivity index (χ1v) is 5.14. The van der Waals surface area contributed by atoms with Gasteiger partial charge >= 0.3 is 0 Å². The van der Waals surface area contributed by atoms with Crippen LogP contribution < -0.4 is 0 Å². The summed E-state index contributed by atoms with van der Waals surface area (Å²) in [5.41, 5.74) is 0.970. The molecule has 3 nitrogen and oxygen atoms in total. The lowest BCUT2D eigenvalue weighted by Gasteiger charge is -2.13. The number of hydrogen-bond acceptors (Lipinski definition) is 2. The first kappa shape index (κ1) is 9.72. The zero-order chi connectivity index (χ0) is 10.5. The maximum atomic E-state index is 8.66. The highest BCUT2D eigenvalue weighted by molar-refractivity contribution is 5.86. The van der Waals surface area contributed by atoms with Crippen molar-refractivity contribution >= 4 is 11.5 Å². The normalized spacial score (nSPS) is 18.1. The van der Waals surface area contributed by atoms with Crippen LogP contribution in [-0.2, 0) is 0 Å². The number of likely N-dealkylation sites (tertiary alicyclic amines) is 1. The van der Waals surface area contributed by atoms with Crippen molar-refractivity contribution in [3.8, 4) is 6.07 Å². The fourth-order valence-corrected chi connectivity index (χ4v) is 1.75. The fraction of sp³-hybridized carbons (Fsp3) is 0.333. The molecule has 1 aliphatic heterocycles. The van der Waals surface area contributed by atoms with E-state index in [2.05, 4.69) is 11.1 Å². The Kier molecular flexibility index (Phi) is 2.99. The summed E-state index contributed by atoms with van der Waals surface area (Å²) < 4.78 is 0. The van der Waals surface area contributed by atoms with Crippen LogP contribution in [0.15, 0.2) is 35.3 Å². The van der Waals surface area contributed by atoms with E-state index >= 15 is 0 Å². The van der Waals surface area contributed by atoms with Crippen LogP contribution in [0.5, 0.6) is 0 Å². The largest absolute Gasteiger partial charge is 0.347 e. The molecule has 0 spiro atoms. The van der Waals surface area contributed by atoms with Crippen molar-refractivity contribution in [3.63, 3.8) is 0 Å². The van der Waals surface area contributed by atoms with Crippen LogP contribution >= 0.6 is 0 Å². The van der Waals surface area contributed by atoms with Gasteiger partial charge in [0.15, 0.2) is 0 Å². The van der Waals surface area contributed by atoms with Gasteiger partial charge in [-0.2, -0.15) is 5.26 Å². The van der Waals surface area contributed by atoms with Gasteiger partial charge < -0.3 is 4.90 Å². The molecule has 0 amide bonds. The average Bonchev–Trinajstić information content (AvgIpc) is 2.68. The summed E-state index contributed by atoms with van der Waals surface area (Å²) >= 11 is 0. The van der Waals surface area contributed by atoms with E-state index in [1.54, 1.807) is 0 Å². The van der Waals surface area contributed by atoms with Crippen molar-refractivity contribution in [3.05, 3.63) is 30.3 Å².